The van der Waals surface area contributed by atoms with Crippen LogP contribution in [0.4, 0.5) is 0 Å². The van der Waals surface area contributed by atoms with Crippen LogP contribution < -0.4 is 5.32 Å². The molecule has 8 heteroatoms. The van der Waals surface area contributed by atoms with E-state index in [0.717, 1.165) is 37.7 Å². The highest BCUT2D eigenvalue weighted by molar-refractivity contribution is 7.99. The Morgan fingerprint density at radius 1 is 1.35 bits per heavy atom. The Kier molecular flexibility index (Phi) is 7.01. The fourth-order valence-corrected chi connectivity index (χ4v) is 4.57. The first kappa shape index (κ1) is 19.3. The lowest BCUT2D eigenvalue weighted by Gasteiger charge is -2.34. The molecule has 0 aromatic carbocycles. The Balaban J connectivity index is 1.53. The van der Waals surface area contributed by atoms with E-state index in [9.17, 15) is 4.79 Å². The van der Waals surface area contributed by atoms with E-state index >= 15 is 0 Å². The maximum Gasteiger partial charge on any atom is 0.230 e. The molecule has 0 radical (unpaired) electrons. The zero-order valence-corrected chi connectivity index (χ0v) is 16.7. The minimum Gasteiger partial charge on any atom is -0.379 e. The number of carbonyl (C=O) groups excluding carboxylic acids is 1. The molecule has 0 bridgehead atoms. The van der Waals surface area contributed by atoms with Crippen LogP contribution in [0.2, 0.25) is 0 Å². The zero-order chi connectivity index (χ0) is 18.4. The van der Waals surface area contributed by atoms with Gasteiger partial charge in [-0.2, -0.15) is 0 Å². The molecule has 1 saturated heterocycles. The molecule has 6 nitrogen and oxygen atoms in total. The molecule has 0 aliphatic carbocycles. The summed E-state index contributed by atoms with van der Waals surface area (Å²) < 4.78 is 5.46. The van der Waals surface area contributed by atoms with E-state index in [2.05, 4.69) is 37.7 Å². The molecule has 1 fully saturated rings. The van der Waals surface area contributed by atoms with Crippen LogP contribution in [0.5, 0.6) is 0 Å². The molecule has 140 valence electrons. The molecule has 1 N–H and O–H groups in total. The molecule has 2 aromatic rings. The normalized spacial score (nSPS) is 16.4. The minimum absolute atomic E-state index is 0.00701. The van der Waals surface area contributed by atoms with Gasteiger partial charge in [0.25, 0.3) is 0 Å². The van der Waals surface area contributed by atoms with E-state index in [1.807, 2.05) is 19.9 Å². The lowest BCUT2D eigenvalue weighted by Crippen LogP contribution is -2.43. The van der Waals surface area contributed by atoms with Crippen molar-refractivity contribution in [1.29, 1.82) is 0 Å². The van der Waals surface area contributed by atoms with Crippen molar-refractivity contribution in [1.82, 2.24) is 20.2 Å². The molecule has 3 rings (SSSR count). The summed E-state index contributed by atoms with van der Waals surface area (Å²) in [5.41, 5.74) is 1.84. The quantitative estimate of drug-likeness (QED) is 0.577. The topological polar surface area (TPSA) is 67.4 Å². The highest BCUT2D eigenvalue weighted by Crippen LogP contribution is 2.25. The van der Waals surface area contributed by atoms with Crippen LogP contribution in [0.3, 0.4) is 0 Å². The van der Waals surface area contributed by atoms with Crippen LogP contribution in [0.25, 0.3) is 0 Å². The summed E-state index contributed by atoms with van der Waals surface area (Å²) in [6.45, 7) is 7.76. The van der Waals surface area contributed by atoms with E-state index in [0.29, 0.717) is 17.5 Å². The minimum atomic E-state index is 0.00701. The molecular weight excluding hydrogens is 368 g/mol. The fraction of sp³-hybridized carbons (Fsp3) is 0.500. The van der Waals surface area contributed by atoms with Crippen molar-refractivity contribution < 1.29 is 9.53 Å². The Morgan fingerprint density at radius 2 is 2.08 bits per heavy atom. The molecular formula is C18H24N4O2S2. The predicted octanol–water partition coefficient (Wildman–Crippen LogP) is 2.44. The zero-order valence-electron chi connectivity index (χ0n) is 15.1. The Bertz CT molecular complexity index is 698. The van der Waals surface area contributed by atoms with Gasteiger partial charge < -0.3 is 10.1 Å². The SMILES string of the molecule is Cc1cc(C)nc(SCC(=O)NCC(c2cccs2)N2CCOCC2)n1. The van der Waals surface area contributed by atoms with E-state index in [1.165, 1.54) is 16.6 Å². The van der Waals surface area contributed by atoms with Gasteiger partial charge in [0.05, 0.1) is 25.0 Å². The van der Waals surface area contributed by atoms with E-state index in [-0.39, 0.29) is 11.9 Å². The standard InChI is InChI=1S/C18H24N4O2S2/c1-13-10-14(2)21-18(20-13)26-12-17(23)19-11-15(16-4-3-9-25-16)22-5-7-24-8-6-22/h3-4,9-10,15H,5-8,11-12H2,1-2H3,(H,19,23). The molecule has 1 atom stereocenters. The summed E-state index contributed by atoms with van der Waals surface area (Å²) in [4.78, 5) is 24.7. The number of rotatable bonds is 7. The van der Waals surface area contributed by atoms with Crippen LogP contribution in [0, 0.1) is 13.8 Å². The second-order valence-electron chi connectivity index (χ2n) is 6.21. The fourth-order valence-electron chi connectivity index (χ4n) is 2.93. The lowest BCUT2D eigenvalue weighted by atomic mass is 10.2. The van der Waals surface area contributed by atoms with Crippen molar-refractivity contribution >= 4 is 29.0 Å². The van der Waals surface area contributed by atoms with Crippen LogP contribution in [0.1, 0.15) is 22.3 Å². The van der Waals surface area contributed by atoms with Crippen molar-refractivity contribution in [2.75, 3.05) is 38.6 Å². The van der Waals surface area contributed by atoms with Crippen LogP contribution in [-0.2, 0) is 9.53 Å². The summed E-state index contributed by atoms with van der Waals surface area (Å²) in [5.74, 6) is 0.330. The highest BCUT2D eigenvalue weighted by Gasteiger charge is 2.24. The van der Waals surface area contributed by atoms with E-state index < -0.39 is 0 Å². The molecule has 0 spiro atoms. The number of hydrogen-bond donors (Lipinski definition) is 1. The van der Waals surface area contributed by atoms with Gasteiger partial charge in [0, 0.05) is 35.9 Å². The number of ether oxygens (including phenoxy) is 1. The molecule has 1 amide bonds. The number of nitrogens with zero attached hydrogens (tertiary/aromatic N) is 3. The number of thioether (sulfide) groups is 1. The number of hydrogen-bond acceptors (Lipinski definition) is 7. The van der Waals surface area contributed by atoms with Crippen LogP contribution in [-0.4, -0.2) is 59.4 Å². The van der Waals surface area contributed by atoms with Gasteiger partial charge in [-0.15, -0.1) is 11.3 Å². The number of morpholine rings is 1. The summed E-state index contributed by atoms with van der Waals surface area (Å²) in [6.07, 6.45) is 0. The Labute approximate surface area is 162 Å². The maximum absolute atomic E-state index is 12.3. The molecule has 3 heterocycles. The second-order valence-corrected chi connectivity index (χ2v) is 8.13. The maximum atomic E-state index is 12.3. The highest BCUT2D eigenvalue weighted by atomic mass is 32.2. The molecule has 0 saturated carbocycles. The average molecular weight is 393 g/mol. The number of nitrogens with one attached hydrogen (secondary N) is 1. The third-order valence-electron chi connectivity index (χ3n) is 4.14. The van der Waals surface area contributed by atoms with E-state index in [1.54, 1.807) is 11.3 Å². The van der Waals surface area contributed by atoms with Gasteiger partial charge in [-0.3, -0.25) is 9.69 Å². The molecule has 1 aliphatic rings. The molecule has 2 aromatic heterocycles. The first-order chi connectivity index (χ1) is 12.6. The molecule has 26 heavy (non-hydrogen) atoms. The van der Waals surface area contributed by atoms with Gasteiger partial charge in [0.15, 0.2) is 5.16 Å². The van der Waals surface area contributed by atoms with Gasteiger partial charge in [0.2, 0.25) is 5.91 Å². The predicted molar refractivity (Wildman–Crippen MR) is 105 cm³/mol. The number of thiophene rings is 1. The first-order valence-corrected chi connectivity index (χ1v) is 10.6. The van der Waals surface area contributed by atoms with Crippen molar-refractivity contribution in [2.24, 2.45) is 0 Å². The third kappa shape index (κ3) is 5.51. The van der Waals surface area contributed by atoms with Crippen molar-refractivity contribution in [3.05, 3.63) is 39.8 Å². The second kappa shape index (κ2) is 9.45. The number of aromatic nitrogens is 2. The van der Waals surface area contributed by atoms with Crippen LogP contribution >= 0.6 is 23.1 Å². The molecule has 1 aliphatic heterocycles. The van der Waals surface area contributed by atoms with Crippen LogP contribution in [0.15, 0.2) is 28.7 Å². The number of amides is 1. The molecule has 1 unspecified atom stereocenters. The Hall–Kier alpha value is -1.48. The lowest BCUT2D eigenvalue weighted by molar-refractivity contribution is -0.118. The average Bonchev–Trinajstić information content (AvgIpc) is 3.15. The van der Waals surface area contributed by atoms with Gasteiger partial charge in [-0.25, -0.2) is 9.97 Å². The summed E-state index contributed by atoms with van der Waals surface area (Å²) in [7, 11) is 0. The summed E-state index contributed by atoms with van der Waals surface area (Å²) in [6, 6.07) is 6.32. The monoisotopic (exact) mass is 392 g/mol. The first-order valence-electron chi connectivity index (χ1n) is 8.69. The summed E-state index contributed by atoms with van der Waals surface area (Å²) in [5, 5.41) is 5.81. The number of aryl methyl sites for hydroxylation is 2. The smallest absolute Gasteiger partial charge is 0.230 e. The van der Waals surface area contributed by atoms with E-state index in [4.69, 9.17) is 4.74 Å². The third-order valence-corrected chi connectivity index (χ3v) is 5.97. The van der Waals surface area contributed by atoms with Gasteiger partial charge >= 0.3 is 0 Å². The van der Waals surface area contributed by atoms with Gasteiger partial charge in [0.1, 0.15) is 0 Å². The number of carbonyl (C=O) groups is 1. The summed E-state index contributed by atoms with van der Waals surface area (Å²) >= 11 is 3.11. The van der Waals surface area contributed by atoms with Crippen molar-refractivity contribution in [3.63, 3.8) is 0 Å². The Morgan fingerprint density at radius 3 is 2.73 bits per heavy atom. The van der Waals surface area contributed by atoms with Gasteiger partial charge in [-0.1, -0.05) is 17.8 Å². The van der Waals surface area contributed by atoms with Crippen molar-refractivity contribution in [3.8, 4) is 0 Å². The largest absolute Gasteiger partial charge is 0.379 e. The van der Waals surface area contributed by atoms with Crippen molar-refractivity contribution in [2.45, 2.75) is 25.0 Å². The van der Waals surface area contributed by atoms with Gasteiger partial charge in [-0.05, 0) is 31.4 Å².